The standard InChI is InChI=1S/C14H28N2O2/c1-4-11(2)12(3)16-14(17)7-10-18-13-5-8-15-9-6-13/h11-13,15H,4-10H2,1-3H3,(H,16,17). The zero-order chi connectivity index (χ0) is 13.4. The normalized spacial score (nSPS) is 20.4. The van der Waals surface area contributed by atoms with E-state index in [1.54, 1.807) is 0 Å². The molecule has 1 heterocycles. The van der Waals surface area contributed by atoms with Gasteiger partial charge in [-0.1, -0.05) is 20.3 Å². The predicted octanol–water partition coefficient (Wildman–Crippen LogP) is 1.70. The summed E-state index contributed by atoms with van der Waals surface area (Å²) in [6.07, 6.45) is 4.03. The van der Waals surface area contributed by atoms with E-state index in [0.717, 1.165) is 32.4 Å². The third kappa shape index (κ3) is 5.83. The average Bonchev–Trinajstić information content (AvgIpc) is 2.38. The van der Waals surface area contributed by atoms with Gasteiger partial charge in [0.2, 0.25) is 5.91 Å². The van der Waals surface area contributed by atoms with Crippen LogP contribution >= 0.6 is 0 Å². The Morgan fingerprint density at radius 1 is 1.39 bits per heavy atom. The SMILES string of the molecule is CCC(C)C(C)NC(=O)CCOC1CCNCC1. The summed E-state index contributed by atoms with van der Waals surface area (Å²) in [7, 11) is 0. The predicted molar refractivity (Wildman–Crippen MR) is 73.5 cm³/mol. The number of rotatable bonds is 7. The van der Waals surface area contributed by atoms with Gasteiger partial charge in [0.15, 0.2) is 0 Å². The monoisotopic (exact) mass is 256 g/mol. The molecule has 2 unspecified atom stereocenters. The lowest BCUT2D eigenvalue weighted by Crippen LogP contribution is -2.38. The largest absolute Gasteiger partial charge is 0.378 e. The summed E-state index contributed by atoms with van der Waals surface area (Å²) in [4.78, 5) is 11.7. The minimum atomic E-state index is 0.108. The molecule has 1 aliphatic heterocycles. The first-order valence-electron chi connectivity index (χ1n) is 7.25. The second kappa shape index (κ2) is 8.48. The van der Waals surface area contributed by atoms with Gasteiger partial charge in [-0.2, -0.15) is 0 Å². The third-order valence-corrected chi connectivity index (χ3v) is 3.86. The topological polar surface area (TPSA) is 50.4 Å². The van der Waals surface area contributed by atoms with Gasteiger partial charge in [0.25, 0.3) is 0 Å². The molecule has 4 heteroatoms. The smallest absolute Gasteiger partial charge is 0.222 e. The first kappa shape index (κ1) is 15.4. The van der Waals surface area contributed by atoms with Gasteiger partial charge in [0.05, 0.1) is 12.7 Å². The van der Waals surface area contributed by atoms with Crippen molar-refractivity contribution in [3.63, 3.8) is 0 Å². The molecule has 1 aliphatic rings. The molecule has 0 aromatic rings. The molecule has 2 atom stereocenters. The fraction of sp³-hybridized carbons (Fsp3) is 0.929. The summed E-state index contributed by atoms with van der Waals surface area (Å²) >= 11 is 0. The molecule has 1 amide bonds. The Bertz CT molecular complexity index is 240. The molecule has 2 N–H and O–H groups in total. The Morgan fingerprint density at radius 3 is 2.67 bits per heavy atom. The van der Waals surface area contributed by atoms with Crippen LogP contribution in [-0.2, 0) is 9.53 Å². The van der Waals surface area contributed by atoms with E-state index >= 15 is 0 Å². The van der Waals surface area contributed by atoms with Crippen molar-refractivity contribution in [2.24, 2.45) is 5.92 Å². The van der Waals surface area contributed by atoms with Crippen molar-refractivity contribution in [1.82, 2.24) is 10.6 Å². The first-order valence-corrected chi connectivity index (χ1v) is 7.25. The second-order valence-electron chi connectivity index (χ2n) is 5.31. The van der Waals surface area contributed by atoms with Crippen LogP contribution in [0.5, 0.6) is 0 Å². The van der Waals surface area contributed by atoms with Crippen LogP contribution in [0.4, 0.5) is 0 Å². The van der Waals surface area contributed by atoms with Crippen molar-refractivity contribution in [2.45, 2.75) is 58.6 Å². The minimum Gasteiger partial charge on any atom is -0.378 e. The molecule has 18 heavy (non-hydrogen) atoms. The molecule has 0 bridgehead atoms. The van der Waals surface area contributed by atoms with Gasteiger partial charge in [-0.3, -0.25) is 4.79 Å². The number of hydrogen-bond donors (Lipinski definition) is 2. The quantitative estimate of drug-likeness (QED) is 0.729. The molecule has 4 nitrogen and oxygen atoms in total. The van der Waals surface area contributed by atoms with E-state index in [-0.39, 0.29) is 11.9 Å². The Morgan fingerprint density at radius 2 is 2.06 bits per heavy atom. The fourth-order valence-corrected chi connectivity index (χ4v) is 2.10. The molecule has 0 aliphatic carbocycles. The van der Waals surface area contributed by atoms with E-state index in [4.69, 9.17) is 4.74 Å². The summed E-state index contributed by atoms with van der Waals surface area (Å²) < 4.78 is 5.72. The first-order chi connectivity index (χ1) is 8.63. The number of nitrogens with one attached hydrogen (secondary N) is 2. The highest BCUT2D eigenvalue weighted by molar-refractivity contribution is 5.76. The molecule has 0 spiro atoms. The van der Waals surface area contributed by atoms with Gasteiger partial charge in [-0.15, -0.1) is 0 Å². The number of ether oxygens (including phenoxy) is 1. The van der Waals surface area contributed by atoms with E-state index in [1.807, 2.05) is 0 Å². The molecule has 1 saturated heterocycles. The van der Waals surface area contributed by atoms with Crippen LogP contribution in [-0.4, -0.2) is 37.7 Å². The highest BCUT2D eigenvalue weighted by Gasteiger charge is 2.15. The van der Waals surface area contributed by atoms with Crippen molar-refractivity contribution in [2.75, 3.05) is 19.7 Å². The lowest BCUT2D eigenvalue weighted by Gasteiger charge is -2.23. The fourth-order valence-electron chi connectivity index (χ4n) is 2.10. The van der Waals surface area contributed by atoms with Crippen LogP contribution in [0.3, 0.4) is 0 Å². The molecule has 0 saturated carbocycles. The molecule has 1 fully saturated rings. The van der Waals surface area contributed by atoms with Gasteiger partial charge >= 0.3 is 0 Å². The van der Waals surface area contributed by atoms with Crippen LogP contribution < -0.4 is 10.6 Å². The molecule has 0 radical (unpaired) electrons. The lowest BCUT2D eigenvalue weighted by molar-refractivity contribution is -0.123. The number of piperidine rings is 1. The number of amides is 1. The molecular weight excluding hydrogens is 228 g/mol. The lowest BCUT2D eigenvalue weighted by atomic mass is 10.0. The maximum Gasteiger partial charge on any atom is 0.222 e. The van der Waals surface area contributed by atoms with Crippen LogP contribution in [0.1, 0.15) is 46.5 Å². The van der Waals surface area contributed by atoms with Crippen molar-refractivity contribution in [1.29, 1.82) is 0 Å². The Labute approximate surface area is 111 Å². The van der Waals surface area contributed by atoms with E-state index in [9.17, 15) is 4.79 Å². The Kier molecular flexibility index (Phi) is 7.28. The average molecular weight is 256 g/mol. The summed E-state index contributed by atoms with van der Waals surface area (Å²) in [5.41, 5.74) is 0. The van der Waals surface area contributed by atoms with Crippen molar-refractivity contribution in [3.05, 3.63) is 0 Å². The van der Waals surface area contributed by atoms with E-state index in [1.165, 1.54) is 0 Å². The summed E-state index contributed by atoms with van der Waals surface area (Å²) in [6, 6.07) is 0.251. The van der Waals surface area contributed by atoms with Gasteiger partial charge in [0, 0.05) is 12.5 Å². The van der Waals surface area contributed by atoms with Crippen molar-refractivity contribution < 1.29 is 9.53 Å². The van der Waals surface area contributed by atoms with Gasteiger partial charge in [-0.25, -0.2) is 0 Å². The highest BCUT2D eigenvalue weighted by atomic mass is 16.5. The van der Waals surface area contributed by atoms with Crippen LogP contribution in [0.25, 0.3) is 0 Å². The summed E-state index contributed by atoms with van der Waals surface area (Å²) in [6.45, 7) is 8.98. The maximum absolute atomic E-state index is 11.7. The molecule has 106 valence electrons. The third-order valence-electron chi connectivity index (χ3n) is 3.86. The molecule has 0 aromatic carbocycles. The van der Waals surface area contributed by atoms with Crippen LogP contribution in [0.2, 0.25) is 0 Å². The Balaban J connectivity index is 2.09. The van der Waals surface area contributed by atoms with Gasteiger partial charge in [-0.05, 0) is 38.8 Å². The molecular formula is C14H28N2O2. The maximum atomic E-state index is 11.7. The van der Waals surface area contributed by atoms with E-state index in [0.29, 0.717) is 25.0 Å². The highest BCUT2D eigenvalue weighted by Crippen LogP contribution is 2.08. The van der Waals surface area contributed by atoms with E-state index < -0.39 is 0 Å². The molecule has 1 rings (SSSR count). The van der Waals surface area contributed by atoms with E-state index in [2.05, 4.69) is 31.4 Å². The number of carbonyl (C=O) groups excluding carboxylic acids is 1. The van der Waals surface area contributed by atoms with Crippen molar-refractivity contribution >= 4 is 5.91 Å². The summed E-state index contributed by atoms with van der Waals surface area (Å²) in [5, 5.41) is 6.34. The van der Waals surface area contributed by atoms with Gasteiger partial charge in [0.1, 0.15) is 0 Å². The van der Waals surface area contributed by atoms with Crippen molar-refractivity contribution in [3.8, 4) is 0 Å². The summed E-state index contributed by atoms with van der Waals surface area (Å²) in [5.74, 6) is 0.635. The zero-order valence-electron chi connectivity index (χ0n) is 12.0. The molecule has 0 aromatic heterocycles. The zero-order valence-corrected chi connectivity index (χ0v) is 12.0. The minimum absolute atomic E-state index is 0.108. The van der Waals surface area contributed by atoms with Crippen LogP contribution in [0.15, 0.2) is 0 Å². The second-order valence-corrected chi connectivity index (χ2v) is 5.31. The Hall–Kier alpha value is -0.610. The number of hydrogen-bond acceptors (Lipinski definition) is 3. The van der Waals surface area contributed by atoms with Gasteiger partial charge < -0.3 is 15.4 Å². The number of carbonyl (C=O) groups is 1. The van der Waals surface area contributed by atoms with Crippen LogP contribution in [0, 0.1) is 5.92 Å².